The van der Waals surface area contributed by atoms with E-state index in [4.69, 9.17) is 4.98 Å². The summed E-state index contributed by atoms with van der Waals surface area (Å²) in [6, 6.07) is 8.69. The van der Waals surface area contributed by atoms with Gasteiger partial charge in [0, 0.05) is 31.6 Å². The molecule has 0 unspecified atom stereocenters. The van der Waals surface area contributed by atoms with Gasteiger partial charge in [-0.3, -0.25) is 0 Å². The molecule has 1 saturated heterocycles. The van der Waals surface area contributed by atoms with Crippen molar-refractivity contribution in [3.05, 3.63) is 35.4 Å². The molecule has 0 atom stereocenters. The topological polar surface area (TPSA) is 28.2 Å². The molecular weight excluding hydrogens is 222 g/mol. The van der Waals surface area contributed by atoms with Crippen LogP contribution in [0.15, 0.2) is 24.3 Å². The van der Waals surface area contributed by atoms with Crippen LogP contribution in [-0.2, 0) is 0 Å². The van der Waals surface area contributed by atoms with Crippen LogP contribution in [-0.4, -0.2) is 31.2 Å². The molecule has 1 fully saturated rings. The maximum absolute atomic E-state index is 4.86. The van der Waals surface area contributed by atoms with Crippen molar-refractivity contribution in [2.45, 2.75) is 13.8 Å². The number of pyridine rings is 1. The quantitative estimate of drug-likeness (QED) is 0.830. The van der Waals surface area contributed by atoms with Crippen molar-refractivity contribution in [3.63, 3.8) is 0 Å². The van der Waals surface area contributed by atoms with Crippen molar-refractivity contribution in [3.8, 4) is 0 Å². The number of benzene rings is 1. The Morgan fingerprint density at radius 3 is 2.50 bits per heavy atom. The Morgan fingerprint density at radius 2 is 1.72 bits per heavy atom. The molecule has 1 N–H and O–H groups in total. The molecule has 1 aromatic carbocycles. The van der Waals surface area contributed by atoms with E-state index in [0.717, 1.165) is 37.5 Å². The Hall–Kier alpha value is -1.61. The number of hydrogen-bond donors (Lipinski definition) is 1. The molecule has 3 heteroatoms. The molecule has 18 heavy (non-hydrogen) atoms. The lowest BCUT2D eigenvalue weighted by molar-refractivity contribution is 0.585. The summed E-state index contributed by atoms with van der Waals surface area (Å²) in [7, 11) is 0. The van der Waals surface area contributed by atoms with Crippen LogP contribution in [0.3, 0.4) is 0 Å². The minimum atomic E-state index is 1.05. The number of aromatic nitrogens is 1. The highest BCUT2D eigenvalue weighted by molar-refractivity contribution is 5.86. The molecule has 3 rings (SSSR count). The van der Waals surface area contributed by atoms with E-state index < -0.39 is 0 Å². The van der Waals surface area contributed by atoms with Crippen LogP contribution in [0.2, 0.25) is 0 Å². The molecule has 94 valence electrons. The van der Waals surface area contributed by atoms with Crippen LogP contribution in [0.5, 0.6) is 0 Å². The third kappa shape index (κ3) is 1.95. The van der Waals surface area contributed by atoms with E-state index in [-0.39, 0.29) is 0 Å². The first-order chi connectivity index (χ1) is 8.75. The highest BCUT2D eigenvalue weighted by Crippen LogP contribution is 2.23. The molecule has 1 aliphatic rings. The van der Waals surface area contributed by atoms with Gasteiger partial charge in [-0.15, -0.1) is 0 Å². The van der Waals surface area contributed by atoms with Crippen molar-refractivity contribution < 1.29 is 0 Å². The summed E-state index contributed by atoms with van der Waals surface area (Å²) >= 11 is 0. The lowest BCUT2D eigenvalue weighted by Crippen LogP contribution is -2.43. The molecule has 0 radical (unpaired) electrons. The Kier molecular flexibility index (Phi) is 2.92. The fraction of sp³-hybridized carbons (Fsp3) is 0.400. The summed E-state index contributed by atoms with van der Waals surface area (Å²) in [6.07, 6.45) is 0. The van der Waals surface area contributed by atoms with Gasteiger partial charge in [-0.25, -0.2) is 4.98 Å². The minimum Gasteiger partial charge on any atom is -0.354 e. The molecule has 0 amide bonds. The van der Waals surface area contributed by atoms with Gasteiger partial charge in [0.2, 0.25) is 0 Å². The van der Waals surface area contributed by atoms with Crippen LogP contribution in [0.1, 0.15) is 11.1 Å². The second-order valence-corrected chi connectivity index (χ2v) is 5.00. The van der Waals surface area contributed by atoms with Gasteiger partial charge >= 0.3 is 0 Å². The molecule has 0 spiro atoms. The number of rotatable bonds is 1. The summed E-state index contributed by atoms with van der Waals surface area (Å²) in [5.41, 5.74) is 3.70. The lowest BCUT2D eigenvalue weighted by atomic mass is 10.1. The summed E-state index contributed by atoms with van der Waals surface area (Å²) < 4.78 is 0. The number of piperazine rings is 1. The van der Waals surface area contributed by atoms with Gasteiger partial charge in [-0.1, -0.05) is 12.1 Å². The summed E-state index contributed by atoms with van der Waals surface area (Å²) in [6.45, 7) is 8.47. The summed E-state index contributed by atoms with van der Waals surface area (Å²) in [5.74, 6) is 1.11. The average Bonchev–Trinajstić information content (AvgIpc) is 2.44. The van der Waals surface area contributed by atoms with Crippen LogP contribution < -0.4 is 10.2 Å². The standard InChI is InChI=1S/C15H19N3/c1-11-3-4-12(2)15-13(11)5-6-14(17-15)18-9-7-16-8-10-18/h3-6,16H,7-10H2,1-2H3. The van der Waals surface area contributed by atoms with Crippen molar-refractivity contribution in [2.75, 3.05) is 31.1 Å². The molecule has 3 nitrogen and oxygen atoms in total. The lowest BCUT2D eigenvalue weighted by Gasteiger charge is -2.28. The molecule has 1 aromatic heterocycles. The van der Waals surface area contributed by atoms with Gasteiger partial charge in [0.05, 0.1) is 5.52 Å². The van der Waals surface area contributed by atoms with E-state index in [2.05, 4.69) is 48.3 Å². The molecule has 2 aromatic rings. The maximum Gasteiger partial charge on any atom is 0.129 e. The number of hydrogen-bond acceptors (Lipinski definition) is 3. The van der Waals surface area contributed by atoms with Gasteiger partial charge < -0.3 is 10.2 Å². The minimum absolute atomic E-state index is 1.05. The van der Waals surface area contributed by atoms with Crippen molar-refractivity contribution in [2.24, 2.45) is 0 Å². The summed E-state index contributed by atoms with van der Waals surface area (Å²) in [4.78, 5) is 7.22. The predicted molar refractivity (Wildman–Crippen MR) is 76.3 cm³/mol. The van der Waals surface area contributed by atoms with Crippen LogP contribution >= 0.6 is 0 Å². The number of nitrogens with zero attached hydrogens (tertiary/aromatic N) is 2. The molecule has 2 heterocycles. The molecular formula is C15H19N3. The molecule has 0 bridgehead atoms. The van der Waals surface area contributed by atoms with Crippen LogP contribution in [0.4, 0.5) is 5.82 Å². The van der Waals surface area contributed by atoms with E-state index in [0.29, 0.717) is 0 Å². The first-order valence-corrected chi connectivity index (χ1v) is 6.58. The van der Waals surface area contributed by atoms with Crippen molar-refractivity contribution >= 4 is 16.7 Å². The van der Waals surface area contributed by atoms with Crippen molar-refractivity contribution in [1.29, 1.82) is 0 Å². The zero-order valence-corrected chi connectivity index (χ0v) is 11.0. The fourth-order valence-electron chi connectivity index (χ4n) is 2.56. The van der Waals surface area contributed by atoms with E-state index >= 15 is 0 Å². The van der Waals surface area contributed by atoms with Gasteiger partial charge in [0.1, 0.15) is 5.82 Å². The van der Waals surface area contributed by atoms with Gasteiger partial charge in [0.25, 0.3) is 0 Å². The average molecular weight is 241 g/mol. The number of nitrogens with one attached hydrogen (secondary N) is 1. The monoisotopic (exact) mass is 241 g/mol. The van der Waals surface area contributed by atoms with Gasteiger partial charge in [-0.2, -0.15) is 0 Å². The Labute approximate surface area is 108 Å². The fourth-order valence-corrected chi connectivity index (χ4v) is 2.56. The van der Waals surface area contributed by atoms with Crippen LogP contribution in [0, 0.1) is 13.8 Å². The van der Waals surface area contributed by atoms with Gasteiger partial charge in [0.15, 0.2) is 0 Å². The third-order valence-corrected chi connectivity index (χ3v) is 3.70. The zero-order valence-electron chi connectivity index (χ0n) is 11.0. The third-order valence-electron chi connectivity index (χ3n) is 3.70. The highest BCUT2D eigenvalue weighted by Gasteiger charge is 2.12. The van der Waals surface area contributed by atoms with Gasteiger partial charge in [-0.05, 0) is 37.1 Å². The molecule has 0 aliphatic carbocycles. The van der Waals surface area contributed by atoms with E-state index in [1.165, 1.54) is 16.5 Å². The Balaban J connectivity index is 2.07. The second kappa shape index (κ2) is 4.58. The SMILES string of the molecule is Cc1ccc(C)c2nc(N3CCNCC3)ccc12. The van der Waals surface area contributed by atoms with E-state index in [1.54, 1.807) is 0 Å². The number of aryl methyl sites for hydroxylation is 2. The second-order valence-electron chi connectivity index (χ2n) is 5.00. The van der Waals surface area contributed by atoms with E-state index in [1.807, 2.05) is 0 Å². The maximum atomic E-state index is 4.86. The number of fused-ring (bicyclic) bond motifs is 1. The first kappa shape index (κ1) is 11.5. The van der Waals surface area contributed by atoms with Crippen LogP contribution in [0.25, 0.3) is 10.9 Å². The van der Waals surface area contributed by atoms with E-state index in [9.17, 15) is 0 Å². The zero-order chi connectivity index (χ0) is 12.5. The molecule has 1 aliphatic heterocycles. The smallest absolute Gasteiger partial charge is 0.129 e. The largest absolute Gasteiger partial charge is 0.354 e. The highest BCUT2D eigenvalue weighted by atomic mass is 15.2. The normalized spacial score (nSPS) is 16.2. The molecule has 0 saturated carbocycles. The Bertz CT molecular complexity index is 571. The number of anilines is 1. The Morgan fingerprint density at radius 1 is 1.00 bits per heavy atom. The summed E-state index contributed by atoms with van der Waals surface area (Å²) in [5, 5.41) is 4.64. The first-order valence-electron chi connectivity index (χ1n) is 6.58. The predicted octanol–water partition coefficient (Wildman–Crippen LogP) is 2.26. The van der Waals surface area contributed by atoms with Crippen molar-refractivity contribution in [1.82, 2.24) is 10.3 Å².